The molecule has 0 aromatic heterocycles. The van der Waals surface area contributed by atoms with Crippen LogP contribution in [0.2, 0.25) is 0 Å². The highest BCUT2D eigenvalue weighted by atomic mass is 15.1. The molecule has 1 spiro atoms. The quantitative estimate of drug-likeness (QED) is 0.170. The summed E-state index contributed by atoms with van der Waals surface area (Å²) in [5.74, 6) is 0. The first-order valence-corrected chi connectivity index (χ1v) is 18.1. The van der Waals surface area contributed by atoms with Gasteiger partial charge < -0.3 is 4.90 Å². The summed E-state index contributed by atoms with van der Waals surface area (Å²) in [5, 5.41) is 5.01. The molecule has 0 amide bonds. The van der Waals surface area contributed by atoms with Gasteiger partial charge in [-0.15, -0.1) is 0 Å². The van der Waals surface area contributed by atoms with Gasteiger partial charge in [-0.05, 0) is 114 Å². The Balaban J connectivity index is 1.18. The number of benzene rings is 9. The number of nitrogens with zero attached hydrogens (tertiary/aromatic N) is 1. The van der Waals surface area contributed by atoms with Gasteiger partial charge in [-0.25, -0.2) is 0 Å². The Hall–Kier alpha value is -6.70. The van der Waals surface area contributed by atoms with Crippen LogP contribution in [0.4, 0.5) is 17.1 Å². The van der Waals surface area contributed by atoms with Crippen molar-refractivity contribution in [2.45, 2.75) is 5.41 Å². The lowest BCUT2D eigenvalue weighted by Gasteiger charge is -2.30. The summed E-state index contributed by atoms with van der Waals surface area (Å²) >= 11 is 0. The van der Waals surface area contributed by atoms with Crippen molar-refractivity contribution in [3.8, 4) is 33.4 Å². The molecule has 0 aliphatic heterocycles. The zero-order chi connectivity index (χ0) is 34.2. The maximum absolute atomic E-state index is 2.53. The summed E-state index contributed by atoms with van der Waals surface area (Å²) in [6.45, 7) is 0. The molecule has 1 heteroatoms. The molecule has 0 saturated heterocycles. The predicted molar refractivity (Wildman–Crippen MR) is 218 cm³/mol. The van der Waals surface area contributed by atoms with E-state index in [0.717, 1.165) is 17.1 Å². The zero-order valence-electron chi connectivity index (χ0n) is 28.5. The van der Waals surface area contributed by atoms with E-state index >= 15 is 0 Å². The van der Waals surface area contributed by atoms with E-state index in [4.69, 9.17) is 0 Å². The number of rotatable bonds is 4. The molecule has 2 aliphatic rings. The van der Waals surface area contributed by atoms with Crippen LogP contribution in [-0.2, 0) is 5.41 Å². The Morgan fingerprint density at radius 3 is 1.56 bits per heavy atom. The predicted octanol–water partition coefficient (Wildman–Crippen LogP) is 13.5. The largest absolute Gasteiger partial charge is 0.310 e. The van der Waals surface area contributed by atoms with E-state index in [-0.39, 0.29) is 5.41 Å². The minimum atomic E-state index is -0.374. The van der Waals surface area contributed by atoms with Crippen LogP contribution in [0, 0.1) is 0 Å². The molecule has 0 bridgehead atoms. The molecule has 242 valence electrons. The van der Waals surface area contributed by atoms with Crippen LogP contribution in [0.3, 0.4) is 0 Å². The monoisotopic (exact) mass is 659 g/mol. The standard InChI is InChI=1S/C51H33N/c1-3-15-34(16-4-1)35-17-13-20-38(31-35)52(37-18-5-2-6-19-37)50-28-14-24-39-43(50)30-29-36-32-45-42-23-9-12-27-48(42)51(49(45)33-44(36)39)46-25-10-7-21-40(46)41-22-8-11-26-47(41)51/h1-33H. The molecule has 0 unspecified atom stereocenters. The minimum Gasteiger partial charge on any atom is -0.310 e. The van der Waals surface area contributed by atoms with Crippen LogP contribution in [-0.4, -0.2) is 0 Å². The van der Waals surface area contributed by atoms with E-state index in [1.807, 2.05) is 0 Å². The molecule has 9 aromatic carbocycles. The molecular weight excluding hydrogens is 627 g/mol. The molecule has 1 nitrogen and oxygen atoms in total. The second-order valence-electron chi connectivity index (χ2n) is 14.0. The molecule has 0 radical (unpaired) electrons. The fourth-order valence-electron chi connectivity index (χ4n) is 9.32. The molecule has 0 atom stereocenters. The number of hydrogen-bond acceptors (Lipinski definition) is 1. The average molecular weight is 660 g/mol. The van der Waals surface area contributed by atoms with Gasteiger partial charge in [0.25, 0.3) is 0 Å². The summed E-state index contributed by atoms with van der Waals surface area (Å²) in [7, 11) is 0. The first-order valence-electron chi connectivity index (χ1n) is 18.1. The summed E-state index contributed by atoms with van der Waals surface area (Å²) in [5.41, 5.74) is 16.2. The average Bonchev–Trinajstić information content (AvgIpc) is 3.68. The van der Waals surface area contributed by atoms with Gasteiger partial charge in [0.1, 0.15) is 0 Å². The zero-order valence-corrected chi connectivity index (χ0v) is 28.5. The third kappa shape index (κ3) is 3.99. The fraction of sp³-hybridized carbons (Fsp3) is 0.0196. The Morgan fingerprint density at radius 2 is 0.865 bits per heavy atom. The van der Waals surface area contributed by atoms with Crippen LogP contribution in [0.15, 0.2) is 200 Å². The van der Waals surface area contributed by atoms with Crippen LogP contribution in [0.25, 0.3) is 54.9 Å². The third-order valence-corrected chi connectivity index (χ3v) is 11.4. The van der Waals surface area contributed by atoms with Crippen molar-refractivity contribution in [3.05, 3.63) is 222 Å². The number of anilines is 3. The highest BCUT2D eigenvalue weighted by Gasteiger charge is 2.51. The molecular formula is C51H33N. The van der Waals surface area contributed by atoms with Crippen LogP contribution in [0.5, 0.6) is 0 Å². The van der Waals surface area contributed by atoms with E-state index < -0.39 is 0 Å². The van der Waals surface area contributed by atoms with Crippen molar-refractivity contribution >= 4 is 38.6 Å². The summed E-state index contributed by atoms with van der Waals surface area (Å²) < 4.78 is 0. The Kier molecular flexibility index (Phi) is 6.23. The molecule has 0 fully saturated rings. The van der Waals surface area contributed by atoms with Gasteiger partial charge >= 0.3 is 0 Å². The van der Waals surface area contributed by atoms with Crippen LogP contribution >= 0.6 is 0 Å². The molecule has 2 aliphatic carbocycles. The topological polar surface area (TPSA) is 3.24 Å². The van der Waals surface area contributed by atoms with Gasteiger partial charge in [-0.2, -0.15) is 0 Å². The first-order chi connectivity index (χ1) is 25.8. The van der Waals surface area contributed by atoms with Gasteiger partial charge in [0, 0.05) is 16.8 Å². The molecule has 9 aromatic rings. The second kappa shape index (κ2) is 11.2. The number of para-hydroxylation sites is 1. The van der Waals surface area contributed by atoms with Crippen LogP contribution < -0.4 is 4.90 Å². The van der Waals surface area contributed by atoms with Crippen molar-refractivity contribution in [1.82, 2.24) is 0 Å². The summed E-state index contributed by atoms with van der Waals surface area (Å²) in [6, 6.07) is 73.9. The smallest absolute Gasteiger partial charge is 0.0725 e. The van der Waals surface area contributed by atoms with Crippen molar-refractivity contribution in [2.24, 2.45) is 0 Å². The highest BCUT2D eigenvalue weighted by Crippen LogP contribution is 2.63. The number of hydrogen-bond donors (Lipinski definition) is 0. The van der Waals surface area contributed by atoms with Crippen molar-refractivity contribution < 1.29 is 0 Å². The molecule has 0 N–H and O–H groups in total. The van der Waals surface area contributed by atoms with E-state index in [1.165, 1.54) is 77.2 Å². The molecule has 0 heterocycles. The van der Waals surface area contributed by atoms with Crippen molar-refractivity contribution in [2.75, 3.05) is 4.90 Å². The lowest BCUT2D eigenvalue weighted by molar-refractivity contribution is 0.795. The number of fused-ring (bicyclic) bond motifs is 13. The van der Waals surface area contributed by atoms with E-state index in [9.17, 15) is 0 Å². The minimum absolute atomic E-state index is 0.374. The lowest BCUT2D eigenvalue weighted by Crippen LogP contribution is -2.25. The Bertz CT molecular complexity index is 2800. The van der Waals surface area contributed by atoms with Crippen molar-refractivity contribution in [3.63, 3.8) is 0 Å². The fourth-order valence-corrected chi connectivity index (χ4v) is 9.32. The van der Waals surface area contributed by atoms with Gasteiger partial charge in [-0.1, -0.05) is 158 Å². The SMILES string of the molecule is c1ccc(-c2cccc(N(c3ccccc3)c3cccc4c3ccc3cc5c(cc34)C3(c4ccccc4-c4ccccc43)c3ccccc3-5)c2)cc1. The third-order valence-electron chi connectivity index (χ3n) is 11.4. The molecule has 11 rings (SSSR count). The van der Waals surface area contributed by atoms with Gasteiger partial charge in [0.2, 0.25) is 0 Å². The summed E-state index contributed by atoms with van der Waals surface area (Å²) in [6.07, 6.45) is 0. The van der Waals surface area contributed by atoms with Gasteiger partial charge in [0.05, 0.1) is 11.1 Å². The Labute approximate surface area is 303 Å². The maximum atomic E-state index is 2.53. The first kappa shape index (κ1) is 29.1. The van der Waals surface area contributed by atoms with Gasteiger partial charge in [-0.3, -0.25) is 0 Å². The van der Waals surface area contributed by atoms with Gasteiger partial charge in [0.15, 0.2) is 0 Å². The summed E-state index contributed by atoms with van der Waals surface area (Å²) in [4.78, 5) is 2.41. The van der Waals surface area contributed by atoms with E-state index in [2.05, 4.69) is 205 Å². The van der Waals surface area contributed by atoms with E-state index in [1.54, 1.807) is 0 Å². The van der Waals surface area contributed by atoms with Crippen LogP contribution in [0.1, 0.15) is 22.3 Å². The van der Waals surface area contributed by atoms with E-state index in [0.29, 0.717) is 0 Å². The van der Waals surface area contributed by atoms with Crippen molar-refractivity contribution in [1.29, 1.82) is 0 Å². The second-order valence-corrected chi connectivity index (χ2v) is 14.0. The molecule has 0 saturated carbocycles. The highest BCUT2D eigenvalue weighted by molar-refractivity contribution is 6.15. The maximum Gasteiger partial charge on any atom is 0.0725 e. The lowest BCUT2D eigenvalue weighted by atomic mass is 9.70. The molecule has 52 heavy (non-hydrogen) atoms. The Morgan fingerprint density at radius 1 is 0.308 bits per heavy atom. The normalized spacial score (nSPS) is 13.2.